The molecule has 0 aliphatic heterocycles. The van der Waals surface area contributed by atoms with Gasteiger partial charge in [0.1, 0.15) is 0 Å². The minimum atomic E-state index is -3.56. The molecule has 1 aromatic rings. The molecule has 1 rings (SSSR count). The summed E-state index contributed by atoms with van der Waals surface area (Å²) in [6, 6.07) is 1.76. The lowest BCUT2D eigenvalue weighted by Crippen LogP contribution is -2.32. The van der Waals surface area contributed by atoms with E-state index in [1.165, 1.54) is 0 Å². The Labute approximate surface area is 94.9 Å². The molecular formula is C9H14N4O2S. The topological polar surface area (TPSA) is 87.8 Å². The molecule has 0 saturated heterocycles. The second kappa shape index (κ2) is 5.09. The summed E-state index contributed by atoms with van der Waals surface area (Å²) in [5.41, 5.74) is 0.763. The third-order valence-electron chi connectivity index (χ3n) is 2.13. The molecule has 0 radical (unpaired) electrons. The minimum Gasteiger partial charge on any atom is -0.275 e. The third kappa shape index (κ3) is 3.05. The van der Waals surface area contributed by atoms with Crippen molar-refractivity contribution in [2.45, 2.75) is 25.1 Å². The zero-order valence-electron chi connectivity index (χ0n) is 9.21. The van der Waals surface area contributed by atoms with Gasteiger partial charge < -0.3 is 0 Å². The number of hydrogen-bond donors (Lipinski definition) is 1. The average molecular weight is 242 g/mol. The van der Waals surface area contributed by atoms with E-state index in [9.17, 15) is 8.42 Å². The van der Waals surface area contributed by atoms with Crippen molar-refractivity contribution >= 4 is 10.0 Å². The van der Waals surface area contributed by atoms with Crippen LogP contribution < -0.4 is 4.72 Å². The summed E-state index contributed by atoms with van der Waals surface area (Å²) < 4.78 is 27.2. The molecule has 1 heterocycles. The van der Waals surface area contributed by atoms with Crippen LogP contribution in [0.15, 0.2) is 12.4 Å². The zero-order chi connectivity index (χ0) is 12.2. The van der Waals surface area contributed by atoms with Gasteiger partial charge in [-0.1, -0.05) is 6.92 Å². The highest BCUT2D eigenvalue weighted by molar-refractivity contribution is 7.90. The van der Waals surface area contributed by atoms with Crippen LogP contribution in [0.5, 0.6) is 0 Å². The molecule has 0 aliphatic rings. The normalized spacial score (nSPS) is 13.3. The van der Waals surface area contributed by atoms with Crippen molar-refractivity contribution in [1.82, 2.24) is 14.5 Å². The molecule has 1 aromatic heterocycles. The standard InChI is InChI=1S/C9H14N4O2S/c1-3-9(4-10)16(14,15)12-6-8-5-11-13(2)7-8/h5,7,9,12H,3,6H2,1-2H3. The number of aromatic nitrogens is 2. The summed E-state index contributed by atoms with van der Waals surface area (Å²) in [7, 11) is -1.81. The Morgan fingerprint density at radius 3 is 2.81 bits per heavy atom. The van der Waals surface area contributed by atoms with Gasteiger partial charge in [-0.2, -0.15) is 10.4 Å². The van der Waals surface area contributed by atoms with E-state index in [-0.39, 0.29) is 13.0 Å². The molecule has 0 spiro atoms. The maximum atomic E-state index is 11.6. The van der Waals surface area contributed by atoms with E-state index < -0.39 is 15.3 Å². The number of aryl methyl sites for hydroxylation is 1. The molecule has 1 atom stereocenters. The molecule has 0 saturated carbocycles. The first kappa shape index (κ1) is 12.7. The number of nitrogens with zero attached hydrogens (tertiary/aromatic N) is 3. The molecular weight excluding hydrogens is 228 g/mol. The van der Waals surface area contributed by atoms with Crippen molar-refractivity contribution in [2.75, 3.05) is 0 Å². The molecule has 6 nitrogen and oxygen atoms in total. The van der Waals surface area contributed by atoms with E-state index in [2.05, 4.69) is 9.82 Å². The van der Waals surface area contributed by atoms with Gasteiger partial charge in [-0.3, -0.25) is 4.68 Å². The first-order valence-electron chi connectivity index (χ1n) is 4.85. The van der Waals surface area contributed by atoms with E-state index in [0.29, 0.717) is 0 Å². The van der Waals surface area contributed by atoms with Crippen molar-refractivity contribution in [3.63, 3.8) is 0 Å². The zero-order valence-corrected chi connectivity index (χ0v) is 10.0. The van der Waals surface area contributed by atoms with Gasteiger partial charge in [0.15, 0.2) is 5.25 Å². The molecule has 88 valence electrons. The molecule has 0 bridgehead atoms. The lowest BCUT2D eigenvalue weighted by atomic mass is 10.4. The van der Waals surface area contributed by atoms with E-state index in [1.54, 1.807) is 37.1 Å². The fourth-order valence-electron chi connectivity index (χ4n) is 1.23. The van der Waals surface area contributed by atoms with Crippen LogP contribution in [0.4, 0.5) is 0 Å². The average Bonchev–Trinajstić information content (AvgIpc) is 2.63. The van der Waals surface area contributed by atoms with Crippen LogP contribution in [0.25, 0.3) is 0 Å². The summed E-state index contributed by atoms with van der Waals surface area (Å²) in [5.74, 6) is 0. The summed E-state index contributed by atoms with van der Waals surface area (Å²) in [6.45, 7) is 1.82. The van der Waals surface area contributed by atoms with E-state index in [0.717, 1.165) is 5.56 Å². The van der Waals surface area contributed by atoms with Crippen LogP contribution in [0, 0.1) is 11.3 Å². The molecule has 0 aliphatic carbocycles. The lowest BCUT2D eigenvalue weighted by molar-refractivity contribution is 0.572. The first-order valence-corrected chi connectivity index (χ1v) is 6.40. The summed E-state index contributed by atoms with van der Waals surface area (Å²) >= 11 is 0. The number of rotatable bonds is 5. The van der Waals surface area contributed by atoms with Gasteiger partial charge in [0.25, 0.3) is 0 Å². The minimum absolute atomic E-state index is 0.161. The van der Waals surface area contributed by atoms with Crippen LogP contribution in [0.1, 0.15) is 18.9 Å². The van der Waals surface area contributed by atoms with Gasteiger partial charge >= 0.3 is 0 Å². The first-order chi connectivity index (χ1) is 7.49. The van der Waals surface area contributed by atoms with Crippen LogP contribution >= 0.6 is 0 Å². The van der Waals surface area contributed by atoms with Crippen molar-refractivity contribution in [1.29, 1.82) is 5.26 Å². The van der Waals surface area contributed by atoms with Crippen molar-refractivity contribution in [3.05, 3.63) is 18.0 Å². The molecule has 0 amide bonds. The fourth-order valence-corrected chi connectivity index (χ4v) is 2.37. The van der Waals surface area contributed by atoms with Gasteiger partial charge in [0.2, 0.25) is 10.0 Å². The Hall–Kier alpha value is -1.39. The quantitative estimate of drug-likeness (QED) is 0.795. The Morgan fingerprint density at radius 1 is 1.69 bits per heavy atom. The van der Waals surface area contributed by atoms with Crippen molar-refractivity contribution in [3.8, 4) is 6.07 Å². The maximum absolute atomic E-state index is 11.6. The third-order valence-corrected chi connectivity index (χ3v) is 3.86. The Morgan fingerprint density at radius 2 is 2.38 bits per heavy atom. The van der Waals surface area contributed by atoms with Crippen LogP contribution in [0.3, 0.4) is 0 Å². The molecule has 7 heteroatoms. The predicted molar refractivity (Wildman–Crippen MR) is 58.7 cm³/mol. The lowest BCUT2D eigenvalue weighted by Gasteiger charge is -2.08. The SMILES string of the molecule is CCC(C#N)S(=O)(=O)NCc1cnn(C)c1. The number of nitrogens with one attached hydrogen (secondary N) is 1. The smallest absolute Gasteiger partial charge is 0.228 e. The maximum Gasteiger partial charge on any atom is 0.228 e. The fraction of sp³-hybridized carbons (Fsp3) is 0.556. The highest BCUT2D eigenvalue weighted by atomic mass is 32.2. The van der Waals surface area contributed by atoms with Gasteiger partial charge in [-0.15, -0.1) is 0 Å². The molecule has 1 unspecified atom stereocenters. The van der Waals surface area contributed by atoms with E-state index >= 15 is 0 Å². The molecule has 16 heavy (non-hydrogen) atoms. The van der Waals surface area contributed by atoms with Crippen LogP contribution in [0.2, 0.25) is 0 Å². The number of sulfonamides is 1. The highest BCUT2D eigenvalue weighted by Crippen LogP contribution is 2.04. The van der Waals surface area contributed by atoms with Gasteiger partial charge in [0.05, 0.1) is 12.3 Å². The second-order valence-corrected chi connectivity index (χ2v) is 5.36. The van der Waals surface area contributed by atoms with Gasteiger partial charge in [-0.05, 0) is 6.42 Å². The number of hydrogen-bond acceptors (Lipinski definition) is 4. The summed E-state index contributed by atoms with van der Waals surface area (Å²) in [5, 5.41) is 11.6. The van der Waals surface area contributed by atoms with Crippen LogP contribution in [-0.2, 0) is 23.6 Å². The van der Waals surface area contributed by atoms with E-state index in [1.807, 2.05) is 0 Å². The van der Waals surface area contributed by atoms with Crippen molar-refractivity contribution in [2.24, 2.45) is 7.05 Å². The second-order valence-electron chi connectivity index (χ2n) is 3.41. The Bertz CT molecular complexity index is 486. The Kier molecular flexibility index (Phi) is 4.04. The largest absolute Gasteiger partial charge is 0.275 e. The predicted octanol–water partition coefficient (Wildman–Crippen LogP) is 0.142. The van der Waals surface area contributed by atoms with E-state index in [4.69, 9.17) is 5.26 Å². The summed E-state index contributed by atoms with van der Waals surface area (Å²) in [6.07, 6.45) is 3.57. The Balaban J connectivity index is 2.65. The summed E-state index contributed by atoms with van der Waals surface area (Å²) in [4.78, 5) is 0. The van der Waals surface area contributed by atoms with Crippen molar-refractivity contribution < 1.29 is 8.42 Å². The molecule has 1 N–H and O–H groups in total. The highest BCUT2D eigenvalue weighted by Gasteiger charge is 2.22. The molecule has 0 fully saturated rings. The van der Waals surface area contributed by atoms with Gasteiger partial charge in [-0.25, -0.2) is 13.1 Å². The number of nitriles is 1. The van der Waals surface area contributed by atoms with Crippen LogP contribution in [-0.4, -0.2) is 23.4 Å². The van der Waals surface area contributed by atoms with Gasteiger partial charge in [0, 0.05) is 25.4 Å². The molecule has 0 aromatic carbocycles. The monoisotopic (exact) mass is 242 g/mol.